The van der Waals surface area contributed by atoms with Gasteiger partial charge < -0.3 is 10.8 Å². The zero-order chi connectivity index (χ0) is 13.3. The number of carbonyl (C=O) groups is 1. The lowest BCUT2D eigenvalue weighted by atomic mass is 10.2. The number of carboxylic acids is 1. The van der Waals surface area contributed by atoms with Crippen molar-refractivity contribution in [3.05, 3.63) is 40.5 Å². The monoisotopic (exact) mass is 265 g/mol. The van der Waals surface area contributed by atoms with Gasteiger partial charge in [0.15, 0.2) is 0 Å². The van der Waals surface area contributed by atoms with E-state index in [2.05, 4.69) is 5.10 Å². The molecule has 5 nitrogen and oxygen atoms in total. The van der Waals surface area contributed by atoms with Gasteiger partial charge in [-0.3, -0.25) is 0 Å². The Morgan fingerprint density at radius 3 is 2.78 bits per heavy atom. The summed E-state index contributed by atoms with van der Waals surface area (Å²) in [5.74, 6) is -0.959. The topological polar surface area (TPSA) is 81.1 Å². The predicted molar refractivity (Wildman–Crippen MR) is 69.3 cm³/mol. The lowest BCUT2D eigenvalue weighted by Gasteiger charge is -2.04. The Kier molecular flexibility index (Phi) is 3.25. The van der Waals surface area contributed by atoms with E-state index in [1.165, 1.54) is 4.68 Å². The average Bonchev–Trinajstić information content (AvgIpc) is 2.66. The number of aromatic carboxylic acids is 1. The third-order valence-corrected chi connectivity index (χ3v) is 2.83. The fraction of sp³-hybridized carbons (Fsp3) is 0.167. The van der Waals surface area contributed by atoms with E-state index in [1.807, 2.05) is 6.92 Å². The van der Waals surface area contributed by atoms with Crippen molar-refractivity contribution in [2.45, 2.75) is 13.3 Å². The molecule has 1 aromatic carbocycles. The van der Waals surface area contributed by atoms with Crippen LogP contribution in [0.5, 0.6) is 0 Å². The van der Waals surface area contributed by atoms with Crippen molar-refractivity contribution in [2.75, 3.05) is 5.73 Å². The molecule has 0 amide bonds. The van der Waals surface area contributed by atoms with Crippen molar-refractivity contribution in [3.8, 4) is 5.69 Å². The smallest absolute Gasteiger partial charge is 0.341 e. The largest absolute Gasteiger partial charge is 0.477 e. The van der Waals surface area contributed by atoms with Gasteiger partial charge in [-0.25, -0.2) is 9.48 Å². The number of aromatic nitrogens is 2. The van der Waals surface area contributed by atoms with Crippen LogP contribution in [0.25, 0.3) is 5.69 Å². The van der Waals surface area contributed by atoms with Gasteiger partial charge >= 0.3 is 5.97 Å². The second-order valence-electron chi connectivity index (χ2n) is 3.76. The van der Waals surface area contributed by atoms with Gasteiger partial charge in [0.05, 0.1) is 11.4 Å². The molecule has 0 fully saturated rings. The second-order valence-corrected chi connectivity index (χ2v) is 4.19. The summed E-state index contributed by atoms with van der Waals surface area (Å²) in [7, 11) is 0. The quantitative estimate of drug-likeness (QED) is 0.893. The molecule has 18 heavy (non-hydrogen) atoms. The molecule has 0 radical (unpaired) electrons. The van der Waals surface area contributed by atoms with E-state index in [9.17, 15) is 4.79 Å². The Morgan fingerprint density at radius 1 is 1.56 bits per heavy atom. The van der Waals surface area contributed by atoms with Crippen LogP contribution >= 0.6 is 11.6 Å². The number of benzene rings is 1. The summed E-state index contributed by atoms with van der Waals surface area (Å²) in [6.45, 7) is 1.83. The number of carboxylic acid groups (broad SMARTS) is 1. The second kappa shape index (κ2) is 4.70. The van der Waals surface area contributed by atoms with Crippen molar-refractivity contribution in [1.82, 2.24) is 9.78 Å². The summed E-state index contributed by atoms with van der Waals surface area (Å²) >= 11 is 5.89. The molecule has 3 N–H and O–H groups in total. The average molecular weight is 266 g/mol. The highest BCUT2D eigenvalue weighted by molar-refractivity contribution is 6.30. The van der Waals surface area contributed by atoms with Crippen LogP contribution in [0, 0.1) is 0 Å². The van der Waals surface area contributed by atoms with E-state index in [4.69, 9.17) is 22.4 Å². The zero-order valence-electron chi connectivity index (χ0n) is 9.72. The van der Waals surface area contributed by atoms with Crippen molar-refractivity contribution in [2.24, 2.45) is 0 Å². The summed E-state index contributed by atoms with van der Waals surface area (Å²) in [5.41, 5.74) is 6.99. The number of halogens is 1. The van der Waals surface area contributed by atoms with E-state index in [-0.39, 0.29) is 11.4 Å². The molecule has 2 aromatic rings. The van der Waals surface area contributed by atoms with Crippen LogP contribution in [0.3, 0.4) is 0 Å². The molecule has 94 valence electrons. The van der Waals surface area contributed by atoms with Gasteiger partial charge in [0.25, 0.3) is 0 Å². The maximum atomic E-state index is 11.2. The molecule has 0 saturated carbocycles. The number of hydrogen-bond donors (Lipinski definition) is 2. The summed E-state index contributed by atoms with van der Waals surface area (Å²) in [6.07, 6.45) is 0.499. The first-order valence-electron chi connectivity index (χ1n) is 5.41. The lowest BCUT2D eigenvalue weighted by molar-refractivity contribution is 0.0697. The summed E-state index contributed by atoms with van der Waals surface area (Å²) < 4.78 is 1.40. The molecule has 0 bridgehead atoms. The Morgan fingerprint density at radius 2 is 2.28 bits per heavy atom. The minimum atomic E-state index is -1.07. The minimum Gasteiger partial charge on any atom is -0.477 e. The van der Waals surface area contributed by atoms with Crippen LogP contribution < -0.4 is 5.73 Å². The number of nitrogens with two attached hydrogens (primary N) is 1. The van der Waals surface area contributed by atoms with Gasteiger partial charge in [-0.05, 0) is 24.6 Å². The highest BCUT2D eigenvalue weighted by Crippen LogP contribution is 2.23. The van der Waals surface area contributed by atoms with Crippen LogP contribution in [-0.2, 0) is 6.42 Å². The third kappa shape index (κ3) is 2.04. The first-order chi connectivity index (χ1) is 8.54. The Balaban J connectivity index is 2.63. The highest BCUT2D eigenvalue weighted by atomic mass is 35.5. The summed E-state index contributed by atoms with van der Waals surface area (Å²) in [4.78, 5) is 11.2. The fourth-order valence-corrected chi connectivity index (χ4v) is 1.95. The highest BCUT2D eigenvalue weighted by Gasteiger charge is 2.21. The van der Waals surface area contributed by atoms with Crippen LogP contribution in [0.2, 0.25) is 5.02 Å². The number of hydrogen-bond acceptors (Lipinski definition) is 3. The maximum absolute atomic E-state index is 11.2. The number of aryl methyl sites for hydroxylation is 1. The SMILES string of the molecule is CCc1nn(-c2cccc(Cl)c2)c(N)c1C(=O)O. The molecule has 0 spiro atoms. The summed E-state index contributed by atoms with van der Waals surface area (Å²) in [5, 5.41) is 13.9. The summed E-state index contributed by atoms with van der Waals surface area (Å²) in [6, 6.07) is 6.92. The Bertz CT molecular complexity index is 607. The van der Waals surface area contributed by atoms with Gasteiger partial charge in [-0.1, -0.05) is 24.6 Å². The standard InChI is InChI=1S/C12H12ClN3O2/c1-2-9-10(12(17)18)11(14)16(15-9)8-5-3-4-7(13)6-8/h3-6H,2,14H2,1H3,(H,17,18). The number of nitrogens with zero attached hydrogens (tertiary/aromatic N) is 2. The molecule has 6 heteroatoms. The molecule has 2 rings (SSSR count). The lowest BCUT2D eigenvalue weighted by Crippen LogP contribution is -2.06. The molecule has 0 aliphatic heterocycles. The Hall–Kier alpha value is -2.01. The normalized spacial score (nSPS) is 10.6. The van der Waals surface area contributed by atoms with Gasteiger partial charge in [0.1, 0.15) is 11.4 Å². The van der Waals surface area contributed by atoms with E-state index in [0.29, 0.717) is 22.8 Å². The Labute approximate surface area is 109 Å². The molecule has 1 aromatic heterocycles. The third-order valence-electron chi connectivity index (χ3n) is 2.60. The number of rotatable bonds is 3. The van der Waals surface area contributed by atoms with Crippen molar-refractivity contribution in [1.29, 1.82) is 0 Å². The number of anilines is 1. The maximum Gasteiger partial charge on any atom is 0.341 e. The van der Waals surface area contributed by atoms with Gasteiger partial charge in [-0.15, -0.1) is 0 Å². The van der Waals surface area contributed by atoms with Crippen molar-refractivity contribution >= 4 is 23.4 Å². The van der Waals surface area contributed by atoms with E-state index < -0.39 is 5.97 Å². The van der Waals surface area contributed by atoms with Crippen LogP contribution in [-0.4, -0.2) is 20.9 Å². The first kappa shape index (κ1) is 12.4. The molecular weight excluding hydrogens is 254 g/mol. The van der Waals surface area contributed by atoms with E-state index in [1.54, 1.807) is 24.3 Å². The molecule has 0 atom stereocenters. The first-order valence-corrected chi connectivity index (χ1v) is 5.79. The van der Waals surface area contributed by atoms with Crippen molar-refractivity contribution < 1.29 is 9.90 Å². The molecule has 0 aliphatic carbocycles. The fourth-order valence-electron chi connectivity index (χ4n) is 1.76. The van der Waals surface area contributed by atoms with Gasteiger partial charge in [-0.2, -0.15) is 5.10 Å². The molecule has 0 aliphatic rings. The molecule has 0 saturated heterocycles. The van der Waals surface area contributed by atoms with Gasteiger partial charge in [0.2, 0.25) is 0 Å². The number of nitrogen functional groups attached to an aromatic ring is 1. The molecular formula is C12H12ClN3O2. The van der Waals surface area contributed by atoms with E-state index >= 15 is 0 Å². The van der Waals surface area contributed by atoms with Crippen molar-refractivity contribution in [3.63, 3.8) is 0 Å². The van der Waals surface area contributed by atoms with Gasteiger partial charge in [0, 0.05) is 5.02 Å². The molecule has 0 unspecified atom stereocenters. The predicted octanol–water partition coefficient (Wildman–Crippen LogP) is 2.37. The van der Waals surface area contributed by atoms with E-state index in [0.717, 1.165) is 0 Å². The zero-order valence-corrected chi connectivity index (χ0v) is 10.5. The minimum absolute atomic E-state index is 0.0532. The van der Waals surface area contributed by atoms with Crippen LogP contribution in [0.15, 0.2) is 24.3 Å². The van der Waals surface area contributed by atoms with Crippen LogP contribution in [0.1, 0.15) is 23.0 Å². The molecule has 1 heterocycles. The van der Waals surface area contributed by atoms with Crippen LogP contribution in [0.4, 0.5) is 5.82 Å².